The Kier molecular flexibility index (Phi) is 4.33. The summed E-state index contributed by atoms with van der Waals surface area (Å²) in [5, 5.41) is 5.65. The first-order valence-electron chi connectivity index (χ1n) is 7.23. The average molecular weight is 287 g/mol. The number of hydrogen-bond donors (Lipinski definition) is 1. The van der Waals surface area contributed by atoms with Crippen molar-refractivity contribution in [1.82, 2.24) is 10.3 Å². The van der Waals surface area contributed by atoms with E-state index in [4.69, 9.17) is 0 Å². The number of rotatable bonds is 7. The van der Waals surface area contributed by atoms with Crippen molar-refractivity contribution < 1.29 is 0 Å². The van der Waals surface area contributed by atoms with Crippen molar-refractivity contribution in [1.29, 1.82) is 0 Å². The Hall–Kier alpha value is -1.39. The Bertz CT molecular complexity index is 517. The minimum Gasteiger partial charge on any atom is -0.359 e. The van der Waals surface area contributed by atoms with E-state index in [2.05, 4.69) is 51.9 Å². The van der Waals surface area contributed by atoms with Gasteiger partial charge in [-0.2, -0.15) is 0 Å². The molecular weight excluding hydrogens is 266 g/mol. The highest BCUT2D eigenvalue weighted by atomic mass is 32.1. The summed E-state index contributed by atoms with van der Waals surface area (Å²) in [6.07, 6.45) is 5.74. The third kappa shape index (κ3) is 3.81. The summed E-state index contributed by atoms with van der Waals surface area (Å²) in [4.78, 5) is 8.22. The molecule has 0 spiro atoms. The van der Waals surface area contributed by atoms with Gasteiger partial charge in [-0.25, -0.2) is 4.98 Å². The lowest BCUT2D eigenvalue weighted by Crippen LogP contribution is -2.21. The van der Waals surface area contributed by atoms with E-state index < -0.39 is 0 Å². The molecule has 0 aromatic carbocycles. The lowest BCUT2D eigenvalue weighted by molar-refractivity contribution is 0.685. The molecule has 1 aliphatic carbocycles. The fourth-order valence-corrected chi connectivity index (χ4v) is 2.84. The Morgan fingerprint density at radius 2 is 2.25 bits per heavy atom. The summed E-state index contributed by atoms with van der Waals surface area (Å²) in [6, 6.07) is 9.36. The third-order valence-corrected chi connectivity index (χ3v) is 4.58. The number of likely N-dealkylation sites (N-methyl/N-ethyl adjacent to an activating group) is 1. The highest BCUT2D eigenvalue weighted by Gasteiger charge is 2.19. The number of hydrogen-bond acceptors (Lipinski definition) is 4. The van der Waals surface area contributed by atoms with Gasteiger partial charge < -0.3 is 10.2 Å². The highest BCUT2D eigenvalue weighted by Crippen LogP contribution is 2.19. The van der Waals surface area contributed by atoms with Gasteiger partial charge >= 0.3 is 0 Å². The first-order valence-corrected chi connectivity index (χ1v) is 8.11. The number of pyridine rings is 1. The summed E-state index contributed by atoms with van der Waals surface area (Å²) in [7, 11) is 2.11. The lowest BCUT2D eigenvalue weighted by atomic mass is 10.2. The summed E-state index contributed by atoms with van der Waals surface area (Å²) in [5.74, 6) is 1.05. The van der Waals surface area contributed by atoms with Crippen LogP contribution in [0.1, 0.15) is 23.3 Å². The molecule has 0 aliphatic heterocycles. The van der Waals surface area contributed by atoms with Crippen LogP contribution in [0.5, 0.6) is 0 Å². The smallest absolute Gasteiger partial charge is 0.128 e. The molecule has 2 heterocycles. The van der Waals surface area contributed by atoms with Crippen LogP contribution in [-0.2, 0) is 13.0 Å². The van der Waals surface area contributed by atoms with Crippen molar-refractivity contribution in [2.75, 3.05) is 18.5 Å². The van der Waals surface area contributed by atoms with Gasteiger partial charge in [-0.1, -0.05) is 12.1 Å². The quantitative estimate of drug-likeness (QED) is 0.848. The van der Waals surface area contributed by atoms with Crippen LogP contribution in [-0.4, -0.2) is 24.6 Å². The first-order chi connectivity index (χ1) is 9.81. The molecule has 20 heavy (non-hydrogen) atoms. The summed E-state index contributed by atoms with van der Waals surface area (Å²) in [5.41, 5.74) is 1.27. The van der Waals surface area contributed by atoms with Crippen molar-refractivity contribution in [2.45, 2.75) is 31.8 Å². The molecule has 2 aromatic heterocycles. The Labute approximate surface area is 124 Å². The topological polar surface area (TPSA) is 28.2 Å². The van der Waals surface area contributed by atoms with Crippen LogP contribution in [0.3, 0.4) is 0 Å². The SMILES string of the molecule is CN(CCc1cccs1)c1ccc(CNC2CC2)cn1. The predicted octanol–water partition coefficient (Wildman–Crippen LogP) is 3.07. The standard InChI is InChI=1S/C16H21N3S/c1-19(9-8-15-3-2-10-20-15)16-7-4-13(12-18-16)11-17-14-5-6-14/h2-4,7,10,12,14,17H,5-6,8-9,11H2,1H3. The molecule has 3 nitrogen and oxygen atoms in total. The number of nitrogens with zero attached hydrogens (tertiary/aromatic N) is 2. The fraction of sp³-hybridized carbons (Fsp3) is 0.438. The maximum atomic E-state index is 4.57. The Morgan fingerprint density at radius 1 is 1.35 bits per heavy atom. The summed E-state index contributed by atoms with van der Waals surface area (Å²) < 4.78 is 0. The number of aromatic nitrogens is 1. The van der Waals surface area contributed by atoms with Gasteiger partial charge in [0.2, 0.25) is 0 Å². The van der Waals surface area contributed by atoms with Crippen LogP contribution >= 0.6 is 11.3 Å². The van der Waals surface area contributed by atoms with E-state index in [1.165, 1.54) is 23.3 Å². The fourth-order valence-electron chi connectivity index (χ4n) is 2.14. The molecule has 106 valence electrons. The molecule has 1 saturated carbocycles. The molecule has 1 aliphatic rings. The Morgan fingerprint density at radius 3 is 2.90 bits per heavy atom. The van der Waals surface area contributed by atoms with Crippen LogP contribution in [0, 0.1) is 0 Å². The second kappa shape index (κ2) is 6.37. The second-order valence-electron chi connectivity index (χ2n) is 5.43. The normalized spacial score (nSPS) is 14.4. The molecular formula is C16H21N3S. The van der Waals surface area contributed by atoms with E-state index in [1.54, 1.807) is 0 Å². The van der Waals surface area contributed by atoms with Gasteiger partial charge in [0.15, 0.2) is 0 Å². The average Bonchev–Trinajstić information content (AvgIpc) is 3.17. The summed E-state index contributed by atoms with van der Waals surface area (Å²) in [6.45, 7) is 1.95. The molecule has 0 atom stereocenters. The van der Waals surface area contributed by atoms with Gasteiger partial charge in [-0.15, -0.1) is 11.3 Å². The van der Waals surface area contributed by atoms with Crippen molar-refractivity contribution >= 4 is 17.2 Å². The van der Waals surface area contributed by atoms with Gasteiger partial charge in [-0.05, 0) is 42.3 Å². The predicted molar refractivity (Wildman–Crippen MR) is 85.4 cm³/mol. The van der Waals surface area contributed by atoms with Crippen LogP contribution in [0.15, 0.2) is 35.8 Å². The first kappa shape index (κ1) is 13.6. The molecule has 4 heteroatoms. The minimum absolute atomic E-state index is 0.753. The third-order valence-electron chi connectivity index (χ3n) is 3.65. The maximum Gasteiger partial charge on any atom is 0.128 e. The lowest BCUT2D eigenvalue weighted by Gasteiger charge is -2.18. The minimum atomic E-state index is 0.753. The van der Waals surface area contributed by atoms with Crippen molar-refractivity contribution in [3.63, 3.8) is 0 Å². The van der Waals surface area contributed by atoms with E-state index in [0.29, 0.717) is 0 Å². The number of nitrogens with one attached hydrogen (secondary N) is 1. The van der Waals surface area contributed by atoms with Gasteiger partial charge in [0.05, 0.1) is 0 Å². The van der Waals surface area contributed by atoms with Crippen LogP contribution < -0.4 is 10.2 Å². The molecule has 0 saturated heterocycles. The van der Waals surface area contributed by atoms with E-state index in [9.17, 15) is 0 Å². The monoisotopic (exact) mass is 287 g/mol. The van der Waals surface area contributed by atoms with E-state index in [1.807, 2.05) is 17.5 Å². The van der Waals surface area contributed by atoms with Crippen molar-refractivity contribution in [3.05, 3.63) is 46.3 Å². The van der Waals surface area contributed by atoms with Crippen LogP contribution in [0.4, 0.5) is 5.82 Å². The summed E-state index contributed by atoms with van der Waals surface area (Å²) >= 11 is 1.82. The molecule has 0 radical (unpaired) electrons. The molecule has 0 bridgehead atoms. The number of anilines is 1. The molecule has 1 fully saturated rings. The van der Waals surface area contributed by atoms with Crippen LogP contribution in [0.25, 0.3) is 0 Å². The van der Waals surface area contributed by atoms with Gasteiger partial charge in [0, 0.05) is 37.3 Å². The molecule has 0 amide bonds. The zero-order chi connectivity index (χ0) is 13.8. The van der Waals surface area contributed by atoms with Crippen molar-refractivity contribution in [3.8, 4) is 0 Å². The van der Waals surface area contributed by atoms with Gasteiger partial charge in [0.1, 0.15) is 5.82 Å². The zero-order valence-electron chi connectivity index (χ0n) is 11.9. The zero-order valence-corrected chi connectivity index (χ0v) is 12.7. The number of thiophene rings is 1. The Balaban J connectivity index is 1.50. The molecule has 3 rings (SSSR count). The van der Waals surface area contributed by atoms with E-state index in [-0.39, 0.29) is 0 Å². The van der Waals surface area contributed by atoms with Gasteiger partial charge in [-0.3, -0.25) is 0 Å². The van der Waals surface area contributed by atoms with Crippen LogP contribution in [0.2, 0.25) is 0 Å². The largest absolute Gasteiger partial charge is 0.359 e. The van der Waals surface area contributed by atoms with Gasteiger partial charge in [0.25, 0.3) is 0 Å². The van der Waals surface area contributed by atoms with Crippen molar-refractivity contribution in [2.24, 2.45) is 0 Å². The molecule has 0 unspecified atom stereocenters. The highest BCUT2D eigenvalue weighted by molar-refractivity contribution is 7.09. The van der Waals surface area contributed by atoms with E-state index >= 15 is 0 Å². The molecule has 1 N–H and O–H groups in total. The molecule has 2 aromatic rings. The second-order valence-corrected chi connectivity index (χ2v) is 6.46. The van der Waals surface area contributed by atoms with E-state index in [0.717, 1.165) is 31.4 Å². The maximum absolute atomic E-state index is 4.57.